The summed E-state index contributed by atoms with van der Waals surface area (Å²) < 4.78 is 6.80. The number of hydrogen-bond acceptors (Lipinski definition) is 5. The Labute approximate surface area is 172 Å². The molecule has 0 bridgehead atoms. The van der Waals surface area contributed by atoms with E-state index < -0.39 is 0 Å². The number of furan rings is 1. The Morgan fingerprint density at radius 2 is 1.83 bits per heavy atom. The summed E-state index contributed by atoms with van der Waals surface area (Å²) >= 11 is 0. The molecule has 0 radical (unpaired) electrons. The van der Waals surface area contributed by atoms with Crippen molar-refractivity contribution in [2.45, 2.75) is 13.1 Å². The third-order valence-corrected chi connectivity index (χ3v) is 4.41. The zero-order valence-electron chi connectivity index (χ0n) is 16.0. The first-order valence-electron chi connectivity index (χ1n) is 9.31. The second kappa shape index (κ2) is 8.87. The number of nitrogens with zero attached hydrogens (tertiary/aromatic N) is 3. The molecule has 2 heterocycles. The molecule has 2 aromatic heterocycles. The molecule has 150 valence electrons. The molecular weight excluding hydrogens is 382 g/mol. The van der Waals surface area contributed by atoms with E-state index in [0.717, 1.165) is 11.1 Å². The van der Waals surface area contributed by atoms with Crippen molar-refractivity contribution < 1.29 is 14.0 Å². The lowest BCUT2D eigenvalue weighted by atomic mass is 10.1. The van der Waals surface area contributed by atoms with E-state index in [0.29, 0.717) is 24.3 Å². The normalized spacial score (nSPS) is 10.5. The number of rotatable bonds is 7. The van der Waals surface area contributed by atoms with E-state index >= 15 is 0 Å². The monoisotopic (exact) mass is 401 g/mol. The van der Waals surface area contributed by atoms with Crippen LogP contribution in [-0.2, 0) is 13.1 Å². The van der Waals surface area contributed by atoms with E-state index in [1.165, 1.54) is 12.6 Å². The lowest BCUT2D eigenvalue weighted by Crippen LogP contribution is -2.22. The first kappa shape index (κ1) is 19.1. The fraction of sp³-hybridized carbons (Fsp3) is 0.0909. The number of benzene rings is 2. The van der Waals surface area contributed by atoms with E-state index in [2.05, 4.69) is 20.7 Å². The minimum atomic E-state index is -0.327. The lowest BCUT2D eigenvalue weighted by molar-refractivity contribution is 0.0949. The third-order valence-electron chi connectivity index (χ3n) is 4.41. The molecule has 2 N–H and O–H groups in total. The Bertz CT molecular complexity index is 1120. The van der Waals surface area contributed by atoms with Gasteiger partial charge in [-0.05, 0) is 47.5 Å². The molecule has 8 nitrogen and oxygen atoms in total. The zero-order chi connectivity index (χ0) is 20.8. The molecule has 2 amide bonds. The Morgan fingerprint density at radius 3 is 2.57 bits per heavy atom. The average molecular weight is 401 g/mol. The maximum atomic E-state index is 12.4. The van der Waals surface area contributed by atoms with Crippen molar-refractivity contribution in [1.29, 1.82) is 0 Å². The van der Waals surface area contributed by atoms with Gasteiger partial charge in [0, 0.05) is 17.8 Å². The predicted molar refractivity (Wildman–Crippen MR) is 110 cm³/mol. The highest BCUT2D eigenvalue weighted by Gasteiger charge is 2.10. The molecule has 0 aliphatic rings. The van der Waals surface area contributed by atoms with Crippen LogP contribution in [0.3, 0.4) is 0 Å². The van der Waals surface area contributed by atoms with Crippen molar-refractivity contribution >= 4 is 17.5 Å². The molecule has 4 aromatic rings. The number of nitrogens with one attached hydrogen (secondary N) is 2. The van der Waals surface area contributed by atoms with Gasteiger partial charge in [-0.3, -0.25) is 9.59 Å². The Morgan fingerprint density at radius 1 is 0.967 bits per heavy atom. The van der Waals surface area contributed by atoms with Crippen molar-refractivity contribution in [2.75, 3.05) is 5.32 Å². The largest absolute Gasteiger partial charge is 0.459 e. The number of anilines is 1. The van der Waals surface area contributed by atoms with Gasteiger partial charge in [0.05, 0.1) is 12.8 Å². The molecule has 0 saturated carbocycles. The second-order valence-corrected chi connectivity index (χ2v) is 6.60. The summed E-state index contributed by atoms with van der Waals surface area (Å²) in [5.41, 5.74) is 3.08. The summed E-state index contributed by atoms with van der Waals surface area (Å²) in [5.74, 6) is -0.263. The van der Waals surface area contributed by atoms with Crippen LogP contribution in [0.5, 0.6) is 0 Å². The van der Waals surface area contributed by atoms with Gasteiger partial charge in [0.1, 0.15) is 12.7 Å². The molecule has 0 fully saturated rings. The minimum Gasteiger partial charge on any atom is -0.459 e. The smallest absolute Gasteiger partial charge is 0.291 e. The summed E-state index contributed by atoms with van der Waals surface area (Å²) in [6, 6.07) is 17.9. The highest BCUT2D eigenvalue weighted by Crippen LogP contribution is 2.13. The number of hydrogen-bond donors (Lipinski definition) is 2. The van der Waals surface area contributed by atoms with E-state index in [1.807, 2.05) is 30.3 Å². The van der Waals surface area contributed by atoms with Gasteiger partial charge in [-0.2, -0.15) is 5.10 Å². The van der Waals surface area contributed by atoms with Gasteiger partial charge in [-0.1, -0.05) is 24.3 Å². The quantitative estimate of drug-likeness (QED) is 0.495. The topological polar surface area (TPSA) is 102 Å². The summed E-state index contributed by atoms with van der Waals surface area (Å²) in [5, 5.41) is 9.73. The summed E-state index contributed by atoms with van der Waals surface area (Å²) in [7, 11) is 0. The molecule has 30 heavy (non-hydrogen) atoms. The average Bonchev–Trinajstić information content (AvgIpc) is 3.47. The van der Waals surface area contributed by atoms with Crippen LogP contribution in [0.25, 0.3) is 0 Å². The van der Waals surface area contributed by atoms with Crippen molar-refractivity contribution in [3.8, 4) is 0 Å². The van der Waals surface area contributed by atoms with Crippen LogP contribution >= 0.6 is 0 Å². The third kappa shape index (κ3) is 4.79. The Balaban J connectivity index is 1.33. The Hall–Kier alpha value is -4.20. The van der Waals surface area contributed by atoms with Crippen LogP contribution in [0, 0.1) is 0 Å². The highest BCUT2D eigenvalue weighted by atomic mass is 16.3. The van der Waals surface area contributed by atoms with Crippen molar-refractivity contribution in [1.82, 2.24) is 20.1 Å². The van der Waals surface area contributed by atoms with Gasteiger partial charge in [0.25, 0.3) is 11.8 Å². The summed E-state index contributed by atoms with van der Waals surface area (Å²) in [6.45, 7) is 0.933. The van der Waals surface area contributed by atoms with Crippen molar-refractivity contribution in [3.05, 3.63) is 102 Å². The molecular formula is C22H19N5O3. The van der Waals surface area contributed by atoms with Crippen LogP contribution in [0.15, 0.2) is 84.0 Å². The number of carbonyl (C=O) groups excluding carboxylic acids is 2. The van der Waals surface area contributed by atoms with Crippen molar-refractivity contribution in [2.24, 2.45) is 0 Å². The van der Waals surface area contributed by atoms with Crippen LogP contribution < -0.4 is 10.6 Å². The van der Waals surface area contributed by atoms with E-state index in [9.17, 15) is 9.59 Å². The van der Waals surface area contributed by atoms with Gasteiger partial charge < -0.3 is 15.1 Å². The molecule has 4 rings (SSSR count). The number of amides is 2. The van der Waals surface area contributed by atoms with E-state index in [4.69, 9.17) is 4.42 Å². The number of aromatic nitrogens is 3. The molecule has 0 saturated heterocycles. The minimum absolute atomic E-state index is 0.174. The molecule has 2 aromatic carbocycles. The maximum Gasteiger partial charge on any atom is 0.291 e. The summed E-state index contributed by atoms with van der Waals surface area (Å²) in [6.07, 6.45) is 4.58. The fourth-order valence-electron chi connectivity index (χ4n) is 2.91. The van der Waals surface area contributed by atoms with E-state index in [1.54, 1.807) is 41.3 Å². The first-order chi connectivity index (χ1) is 14.7. The van der Waals surface area contributed by atoms with Crippen LogP contribution in [0.2, 0.25) is 0 Å². The molecule has 0 atom stereocenters. The fourth-order valence-corrected chi connectivity index (χ4v) is 2.91. The van der Waals surface area contributed by atoms with Crippen LogP contribution in [0.4, 0.5) is 5.69 Å². The van der Waals surface area contributed by atoms with Crippen LogP contribution in [-0.4, -0.2) is 26.6 Å². The zero-order valence-corrected chi connectivity index (χ0v) is 16.0. The highest BCUT2D eigenvalue weighted by molar-refractivity contribution is 6.02. The predicted octanol–water partition coefficient (Wildman–Crippen LogP) is 3.10. The lowest BCUT2D eigenvalue weighted by Gasteiger charge is -2.09. The molecule has 8 heteroatoms. The first-order valence-corrected chi connectivity index (χ1v) is 9.31. The van der Waals surface area contributed by atoms with E-state index in [-0.39, 0.29) is 17.6 Å². The van der Waals surface area contributed by atoms with Gasteiger partial charge in [0.2, 0.25) is 0 Å². The second-order valence-electron chi connectivity index (χ2n) is 6.60. The maximum absolute atomic E-state index is 12.4. The van der Waals surface area contributed by atoms with Gasteiger partial charge in [0.15, 0.2) is 5.76 Å². The van der Waals surface area contributed by atoms with Crippen LogP contribution in [0.1, 0.15) is 32.0 Å². The standard InChI is InChI=1S/C22H19N5O3/c28-21(18-8-6-16(7-9-18)13-27-15-23-14-25-27)24-12-17-3-1-4-19(11-17)26-22(29)20-5-2-10-30-20/h1-11,14-15H,12-13H2,(H,24,28)(H,26,29). The summed E-state index contributed by atoms with van der Waals surface area (Å²) in [4.78, 5) is 28.4. The van der Waals surface area contributed by atoms with Gasteiger partial charge in [-0.25, -0.2) is 9.67 Å². The SMILES string of the molecule is O=C(NCc1cccc(NC(=O)c2ccco2)c1)c1ccc(Cn2cncn2)cc1. The number of carbonyl (C=O) groups is 2. The van der Waals surface area contributed by atoms with Gasteiger partial charge in [-0.15, -0.1) is 0 Å². The molecule has 0 aliphatic carbocycles. The molecule has 0 aliphatic heterocycles. The van der Waals surface area contributed by atoms with Crippen molar-refractivity contribution in [3.63, 3.8) is 0 Å². The molecule has 0 spiro atoms. The molecule has 0 unspecified atom stereocenters. The van der Waals surface area contributed by atoms with Gasteiger partial charge >= 0.3 is 0 Å². The Kier molecular flexibility index (Phi) is 5.66.